The molecule has 2 aromatic rings. The Bertz CT molecular complexity index is 721. The van der Waals surface area contributed by atoms with Gasteiger partial charge in [0.2, 0.25) is 5.91 Å². The minimum Gasteiger partial charge on any atom is -0.320 e. The second-order valence-electron chi connectivity index (χ2n) is 5.96. The maximum atomic E-state index is 12.5. The van der Waals surface area contributed by atoms with Gasteiger partial charge in [-0.3, -0.25) is 9.59 Å². The monoisotopic (exact) mass is 313 g/mol. The van der Waals surface area contributed by atoms with E-state index in [0.717, 1.165) is 12.0 Å². The van der Waals surface area contributed by atoms with E-state index >= 15 is 0 Å². The normalized spacial score (nSPS) is 13.3. The smallest absolute Gasteiger partial charge is 0.274 e. The van der Waals surface area contributed by atoms with Crippen molar-refractivity contribution in [2.24, 2.45) is 5.73 Å². The maximum absolute atomic E-state index is 12.5. The van der Waals surface area contributed by atoms with E-state index in [4.69, 9.17) is 5.73 Å². The second-order valence-corrected chi connectivity index (χ2v) is 5.96. The van der Waals surface area contributed by atoms with Crippen LogP contribution in [0.15, 0.2) is 53.5 Å². The second kappa shape index (κ2) is 7.24. The molecule has 1 unspecified atom stereocenters. The minimum absolute atomic E-state index is 0.239. The van der Waals surface area contributed by atoms with E-state index in [1.54, 1.807) is 29.8 Å². The van der Waals surface area contributed by atoms with Crippen molar-refractivity contribution >= 4 is 11.6 Å². The third-order valence-electron chi connectivity index (χ3n) is 3.75. The zero-order valence-corrected chi connectivity index (χ0v) is 13.6. The molecule has 122 valence electrons. The van der Waals surface area contributed by atoms with E-state index in [2.05, 4.69) is 5.32 Å². The van der Waals surface area contributed by atoms with Crippen molar-refractivity contribution in [2.75, 3.05) is 5.32 Å². The van der Waals surface area contributed by atoms with Crippen LogP contribution in [0.4, 0.5) is 5.69 Å². The average Bonchev–Trinajstić information content (AvgIpc) is 2.52. The Labute approximate surface area is 136 Å². The molecule has 5 heteroatoms. The van der Waals surface area contributed by atoms with Crippen molar-refractivity contribution in [2.45, 2.75) is 38.8 Å². The summed E-state index contributed by atoms with van der Waals surface area (Å²) in [6.07, 6.45) is 3.07. The van der Waals surface area contributed by atoms with Gasteiger partial charge in [-0.1, -0.05) is 43.7 Å². The van der Waals surface area contributed by atoms with Crippen LogP contribution < -0.4 is 16.6 Å². The van der Waals surface area contributed by atoms with Gasteiger partial charge >= 0.3 is 0 Å². The number of nitrogens with zero attached hydrogens (tertiary/aromatic N) is 1. The van der Waals surface area contributed by atoms with Gasteiger partial charge < -0.3 is 15.6 Å². The molecule has 0 aliphatic heterocycles. The summed E-state index contributed by atoms with van der Waals surface area (Å²) in [5.41, 5.74) is 6.06. The number of rotatable bonds is 6. The Morgan fingerprint density at radius 1 is 1.22 bits per heavy atom. The maximum Gasteiger partial charge on any atom is 0.274 e. The van der Waals surface area contributed by atoms with E-state index < -0.39 is 5.54 Å². The first-order valence-electron chi connectivity index (χ1n) is 7.78. The highest BCUT2D eigenvalue weighted by molar-refractivity contribution is 5.97. The molecule has 0 fully saturated rings. The quantitative estimate of drug-likeness (QED) is 0.859. The van der Waals surface area contributed by atoms with E-state index in [-0.39, 0.29) is 17.2 Å². The number of anilines is 1. The van der Waals surface area contributed by atoms with Gasteiger partial charge in [0, 0.05) is 6.20 Å². The number of hydrogen-bond donors (Lipinski definition) is 2. The fraction of sp³-hybridized carbons (Fsp3) is 0.333. The third kappa shape index (κ3) is 4.29. The van der Waals surface area contributed by atoms with Crippen LogP contribution in [0, 0.1) is 0 Å². The molecule has 0 saturated heterocycles. The summed E-state index contributed by atoms with van der Waals surface area (Å²) in [6, 6.07) is 13.0. The van der Waals surface area contributed by atoms with Gasteiger partial charge in [-0.25, -0.2) is 0 Å². The van der Waals surface area contributed by atoms with Crippen molar-refractivity contribution in [3.8, 4) is 0 Å². The summed E-state index contributed by atoms with van der Waals surface area (Å²) >= 11 is 0. The molecule has 1 aromatic carbocycles. The highest BCUT2D eigenvalue weighted by Crippen LogP contribution is 2.12. The van der Waals surface area contributed by atoms with Crippen molar-refractivity contribution in [1.82, 2.24) is 4.57 Å². The fourth-order valence-electron chi connectivity index (χ4n) is 2.43. The number of nitrogens with two attached hydrogens (primary N) is 1. The molecule has 0 aliphatic carbocycles. The molecule has 0 spiro atoms. The van der Waals surface area contributed by atoms with Gasteiger partial charge in [0.05, 0.1) is 12.1 Å². The predicted molar refractivity (Wildman–Crippen MR) is 92.4 cm³/mol. The number of amides is 1. The Kier molecular flexibility index (Phi) is 5.34. The SMILES string of the molecule is CCCC(C)(N)C(=O)Nc1cccn(Cc2ccccc2)c1=O. The molecular weight excluding hydrogens is 290 g/mol. The molecule has 3 N–H and O–H groups in total. The molecule has 5 nitrogen and oxygen atoms in total. The van der Waals surface area contributed by atoms with E-state index in [1.807, 2.05) is 37.3 Å². The molecule has 1 amide bonds. The summed E-state index contributed by atoms with van der Waals surface area (Å²) in [5.74, 6) is -0.339. The van der Waals surface area contributed by atoms with Crippen molar-refractivity contribution in [1.29, 1.82) is 0 Å². The van der Waals surface area contributed by atoms with Gasteiger partial charge in [0.1, 0.15) is 5.69 Å². The van der Waals surface area contributed by atoms with Crippen LogP contribution in [0.2, 0.25) is 0 Å². The predicted octanol–water partition coefficient (Wildman–Crippen LogP) is 2.35. The molecular formula is C18H23N3O2. The molecule has 0 radical (unpaired) electrons. The van der Waals surface area contributed by atoms with Gasteiger partial charge in [-0.05, 0) is 31.0 Å². The summed E-state index contributed by atoms with van der Waals surface area (Å²) in [6.45, 7) is 4.10. The van der Waals surface area contributed by atoms with Crippen LogP contribution in [0.5, 0.6) is 0 Å². The Hall–Kier alpha value is -2.40. The number of pyridine rings is 1. The molecule has 23 heavy (non-hydrogen) atoms. The first kappa shape index (κ1) is 17.0. The molecule has 0 bridgehead atoms. The van der Waals surface area contributed by atoms with Gasteiger partial charge in [-0.15, -0.1) is 0 Å². The lowest BCUT2D eigenvalue weighted by Gasteiger charge is -2.22. The van der Waals surface area contributed by atoms with Crippen LogP contribution >= 0.6 is 0 Å². The lowest BCUT2D eigenvalue weighted by atomic mass is 9.96. The largest absolute Gasteiger partial charge is 0.320 e. The standard InChI is InChI=1S/C18H23N3O2/c1-3-11-18(2,19)17(23)20-15-10-7-12-21(16(15)22)13-14-8-5-4-6-9-14/h4-10,12H,3,11,13,19H2,1-2H3,(H,20,23). The number of carbonyl (C=O) groups excluding carboxylic acids is 1. The van der Waals surface area contributed by atoms with Crippen LogP contribution in [0.25, 0.3) is 0 Å². The van der Waals surface area contributed by atoms with Crippen molar-refractivity contribution < 1.29 is 4.79 Å². The minimum atomic E-state index is -0.985. The number of nitrogens with one attached hydrogen (secondary N) is 1. The Balaban J connectivity index is 2.20. The molecule has 1 heterocycles. The van der Waals surface area contributed by atoms with Crippen LogP contribution in [-0.4, -0.2) is 16.0 Å². The van der Waals surface area contributed by atoms with Gasteiger partial charge in [0.15, 0.2) is 0 Å². The number of aromatic nitrogens is 1. The lowest BCUT2D eigenvalue weighted by molar-refractivity contribution is -0.120. The van der Waals surface area contributed by atoms with E-state index in [0.29, 0.717) is 13.0 Å². The molecule has 1 atom stereocenters. The van der Waals surface area contributed by atoms with Crippen LogP contribution in [-0.2, 0) is 11.3 Å². The van der Waals surface area contributed by atoms with Gasteiger partial charge in [0.25, 0.3) is 5.56 Å². The molecule has 0 aliphatic rings. The van der Waals surface area contributed by atoms with Crippen LogP contribution in [0.1, 0.15) is 32.3 Å². The van der Waals surface area contributed by atoms with E-state index in [1.165, 1.54) is 0 Å². The zero-order chi connectivity index (χ0) is 16.9. The topological polar surface area (TPSA) is 77.1 Å². The summed E-state index contributed by atoms with van der Waals surface area (Å²) < 4.78 is 1.57. The Morgan fingerprint density at radius 3 is 2.57 bits per heavy atom. The summed E-state index contributed by atoms with van der Waals surface area (Å²) in [5, 5.41) is 2.66. The number of benzene rings is 1. The molecule has 1 aromatic heterocycles. The van der Waals surface area contributed by atoms with Crippen LogP contribution in [0.3, 0.4) is 0 Å². The van der Waals surface area contributed by atoms with Crippen molar-refractivity contribution in [3.05, 3.63) is 64.6 Å². The average molecular weight is 313 g/mol. The number of carbonyl (C=O) groups is 1. The third-order valence-corrected chi connectivity index (χ3v) is 3.75. The van der Waals surface area contributed by atoms with Gasteiger partial charge in [-0.2, -0.15) is 0 Å². The first-order valence-corrected chi connectivity index (χ1v) is 7.78. The Morgan fingerprint density at radius 2 is 1.91 bits per heavy atom. The highest BCUT2D eigenvalue weighted by atomic mass is 16.2. The summed E-state index contributed by atoms with van der Waals surface area (Å²) in [4.78, 5) is 24.8. The highest BCUT2D eigenvalue weighted by Gasteiger charge is 2.27. The first-order chi connectivity index (χ1) is 10.9. The van der Waals surface area contributed by atoms with Crippen molar-refractivity contribution in [3.63, 3.8) is 0 Å². The van der Waals surface area contributed by atoms with E-state index in [9.17, 15) is 9.59 Å². The molecule has 0 saturated carbocycles. The fourth-order valence-corrected chi connectivity index (χ4v) is 2.43. The molecule has 2 rings (SSSR count). The summed E-state index contributed by atoms with van der Waals surface area (Å²) in [7, 11) is 0. The number of hydrogen-bond acceptors (Lipinski definition) is 3. The lowest BCUT2D eigenvalue weighted by Crippen LogP contribution is -2.49. The zero-order valence-electron chi connectivity index (χ0n) is 13.6.